The van der Waals surface area contributed by atoms with Gasteiger partial charge >= 0.3 is 0 Å². The van der Waals surface area contributed by atoms with Gasteiger partial charge in [-0.05, 0) is 30.3 Å². The Morgan fingerprint density at radius 2 is 1.97 bits per heavy atom. The van der Waals surface area contributed by atoms with Crippen molar-refractivity contribution in [3.8, 4) is 11.3 Å². The van der Waals surface area contributed by atoms with E-state index in [0.29, 0.717) is 27.4 Å². The number of benzene rings is 1. The summed E-state index contributed by atoms with van der Waals surface area (Å²) >= 11 is 0. The molecule has 3 heterocycles. The Hall–Kier alpha value is -3.88. The number of pyridine rings is 1. The minimum Gasteiger partial charge on any atom is -0.429 e. The van der Waals surface area contributed by atoms with Crippen LogP contribution in [0.2, 0.25) is 0 Å². The SMILES string of the molecule is Cn1cnc(-c2ccc(F)cc2)c1C1=NC=C(C(=O)N=c2ccn(O)cc2F)C1. The zero-order valence-electron chi connectivity index (χ0n) is 15.3. The summed E-state index contributed by atoms with van der Waals surface area (Å²) in [5.74, 6) is -1.79. The molecule has 0 radical (unpaired) electrons. The molecule has 29 heavy (non-hydrogen) atoms. The molecule has 3 aromatic rings. The van der Waals surface area contributed by atoms with Crippen molar-refractivity contribution >= 4 is 11.6 Å². The molecule has 0 saturated carbocycles. The molecular formula is C20H15F2N5O2. The number of aryl methyl sites for hydroxylation is 1. The monoisotopic (exact) mass is 395 g/mol. The van der Waals surface area contributed by atoms with Crippen LogP contribution >= 0.6 is 0 Å². The lowest BCUT2D eigenvalue weighted by molar-refractivity contribution is -0.114. The van der Waals surface area contributed by atoms with Crippen molar-refractivity contribution in [2.75, 3.05) is 0 Å². The van der Waals surface area contributed by atoms with E-state index in [9.17, 15) is 18.8 Å². The summed E-state index contributed by atoms with van der Waals surface area (Å²) in [5, 5.41) is 9.00. The molecule has 0 saturated heterocycles. The normalized spacial score (nSPS) is 14.1. The van der Waals surface area contributed by atoms with E-state index in [-0.39, 0.29) is 17.6 Å². The number of rotatable bonds is 3. The third-order valence-electron chi connectivity index (χ3n) is 4.43. The maximum Gasteiger partial charge on any atom is 0.275 e. The minimum atomic E-state index is -0.826. The van der Waals surface area contributed by atoms with Crippen LogP contribution in [0.5, 0.6) is 0 Å². The van der Waals surface area contributed by atoms with Crippen LogP contribution in [0, 0.1) is 11.6 Å². The van der Waals surface area contributed by atoms with Gasteiger partial charge in [0.05, 0.1) is 29.6 Å². The van der Waals surface area contributed by atoms with Crippen molar-refractivity contribution in [1.29, 1.82) is 0 Å². The standard InChI is InChI=1S/C20H15F2N5O2/c1-26-11-24-18(12-2-4-14(21)5-3-12)19(26)17-8-13(9-23-17)20(28)25-16-6-7-27(29)10-15(16)22/h2-7,9-11,29H,8H2,1H3. The molecule has 2 aromatic heterocycles. The number of carbonyl (C=O) groups is 1. The first-order valence-corrected chi connectivity index (χ1v) is 8.62. The van der Waals surface area contributed by atoms with E-state index in [4.69, 9.17) is 0 Å². The Balaban J connectivity index is 1.59. The highest BCUT2D eigenvalue weighted by molar-refractivity contribution is 6.12. The molecule has 0 atom stereocenters. The minimum absolute atomic E-state index is 0.179. The van der Waals surface area contributed by atoms with E-state index < -0.39 is 11.7 Å². The number of halogens is 2. The molecule has 0 aliphatic carbocycles. The fourth-order valence-electron chi connectivity index (χ4n) is 3.02. The third-order valence-corrected chi connectivity index (χ3v) is 4.43. The largest absolute Gasteiger partial charge is 0.429 e. The fourth-order valence-corrected chi connectivity index (χ4v) is 3.02. The van der Waals surface area contributed by atoms with Crippen LogP contribution in [0.4, 0.5) is 8.78 Å². The Morgan fingerprint density at radius 3 is 2.69 bits per heavy atom. The second-order valence-corrected chi connectivity index (χ2v) is 6.44. The Kier molecular flexibility index (Phi) is 4.63. The Bertz CT molecular complexity index is 1240. The summed E-state index contributed by atoms with van der Waals surface area (Å²) in [5.41, 5.74) is 2.93. The molecule has 1 aliphatic heterocycles. The number of carbonyl (C=O) groups excluding carboxylic acids is 1. The number of hydrogen-bond acceptors (Lipinski definition) is 4. The summed E-state index contributed by atoms with van der Waals surface area (Å²) in [4.78, 5) is 24.9. The second-order valence-electron chi connectivity index (χ2n) is 6.44. The smallest absolute Gasteiger partial charge is 0.275 e. The van der Waals surface area contributed by atoms with Gasteiger partial charge in [-0.1, -0.05) is 0 Å². The predicted octanol–water partition coefficient (Wildman–Crippen LogP) is 2.61. The predicted molar refractivity (Wildman–Crippen MR) is 100.0 cm³/mol. The quantitative estimate of drug-likeness (QED) is 0.692. The molecule has 1 N–H and O–H groups in total. The Morgan fingerprint density at radius 1 is 1.21 bits per heavy atom. The van der Waals surface area contributed by atoms with Gasteiger partial charge in [-0.3, -0.25) is 9.79 Å². The third kappa shape index (κ3) is 3.62. The van der Waals surface area contributed by atoms with Crippen molar-refractivity contribution in [1.82, 2.24) is 14.3 Å². The highest BCUT2D eigenvalue weighted by atomic mass is 19.1. The number of nitrogens with zero attached hydrogens (tertiary/aromatic N) is 5. The summed E-state index contributed by atoms with van der Waals surface area (Å²) < 4.78 is 29.3. The lowest BCUT2D eigenvalue weighted by Crippen LogP contribution is -2.15. The molecule has 9 heteroatoms. The van der Waals surface area contributed by atoms with Gasteiger partial charge in [0.25, 0.3) is 5.91 Å². The van der Waals surface area contributed by atoms with E-state index in [1.165, 1.54) is 30.6 Å². The molecular weight excluding hydrogens is 380 g/mol. The van der Waals surface area contributed by atoms with Gasteiger partial charge in [0.15, 0.2) is 5.82 Å². The van der Waals surface area contributed by atoms with Gasteiger partial charge in [-0.25, -0.2) is 18.8 Å². The molecule has 0 unspecified atom stereocenters. The van der Waals surface area contributed by atoms with Crippen molar-refractivity contribution in [2.24, 2.45) is 17.0 Å². The second kappa shape index (κ2) is 7.27. The fraction of sp³-hybridized carbons (Fsp3) is 0.100. The number of aliphatic imine (C=N–C) groups is 1. The zero-order valence-corrected chi connectivity index (χ0v) is 15.3. The molecule has 146 valence electrons. The van der Waals surface area contributed by atoms with Crippen LogP contribution in [-0.2, 0) is 11.8 Å². The van der Waals surface area contributed by atoms with Gasteiger partial charge in [-0.2, -0.15) is 4.73 Å². The van der Waals surface area contributed by atoms with E-state index in [0.717, 1.165) is 11.8 Å². The first-order valence-electron chi connectivity index (χ1n) is 8.62. The average molecular weight is 395 g/mol. The Labute approximate surface area is 163 Å². The maximum atomic E-state index is 13.8. The highest BCUT2D eigenvalue weighted by Crippen LogP contribution is 2.27. The molecule has 1 amide bonds. The molecule has 0 spiro atoms. The van der Waals surface area contributed by atoms with E-state index in [1.807, 2.05) is 0 Å². The number of hydrogen-bond donors (Lipinski definition) is 1. The molecule has 4 rings (SSSR count). The van der Waals surface area contributed by atoms with Gasteiger partial charge in [0.2, 0.25) is 0 Å². The first kappa shape index (κ1) is 18.5. The number of amides is 1. The summed E-state index contributed by atoms with van der Waals surface area (Å²) in [6.07, 6.45) is 5.19. The van der Waals surface area contributed by atoms with Crippen LogP contribution < -0.4 is 5.36 Å². The highest BCUT2D eigenvalue weighted by Gasteiger charge is 2.23. The van der Waals surface area contributed by atoms with E-state index >= 15 is 0 Å². The van der Waals surface area contributed by atoms with Gasteiger partial charge < -0.3 is 9.77 Å². The van der Waals surface area contributed by atoms with Crippen LogP contribution in [0.25, 0.3) is 11.3 Å². The van der Waals surface area contributed by atoms with Gasteiger partial charge in [0, 0.05) is 37.0 Å². The molecule has 0 fully saturated rings. The van der Waals surface area contributed by atoms with E-state index in [2.05, 4.69) is 15.0 Å². The molecule has 1 aromatic carbocycles. The van der Waals surface area contributed by atoms with Crippen molar-refractivity contribution in [3.05, 3.63) is 83.5 Å². The summed E-state index contributed by atoms with van der Waals surface area (Å²) in [6, 6.07) is 7.13. The number of imidazole rings is 1. The maximum absolute atomic E-state index is 13.8. The van der Waals surface area contributed by atoms with Crippen LogP contribution in [0.3, 0.4) is 0 Å². The zero-order chi connectivity index (χ0) is 20.5. The van der Waals surface area contributed by atoms with Crippen molar-refractivity contribution < 1.29 is 18.8 Å². The number of aromatic nitrogens is 3. The first-order chi connectivity index (χ1) is 13.9. The summed E-state index contributed by atoms with van der Waals surface area (Å²) in [6.45, 7) is 0. The average Bonchev–Trinajstić information content (AvgIpc) is 3.31. The van der Waals surface area contributed by atoms with Gasteiger partial charge in [0.1, 0.15) is 11.2 Å². The van der Waals surface area contributed by atoms with E-state index in [1.54, 1.807) is 30.1 Å². The molecule has 0 bridgehead atoms. The lowest BCUT2D eigenvalue weighted by Gasteiger charge is -2.07. The lowest BCUT2D eigenvalue weighted by atomic mass is 10.0. The van der Waals surface area contributed by atoms with Crippen molar-refractivity contribution in [3.63, 3.8) is 0 Å². The van der Waals surface area contributed by atoms with Crippen LogP contribution in [0.1, 0.15) is 12.1 Å². The van der Waals surface area contributed by atoms with Gasteiger partial charge in [-0.15, -0.1) is 0 Å². The molecule has 1 aliphatic rings. The van der Waals surface area contributed by atoms with Crippen molar-refractivity contribution in [2.45, 2.75) is 6.42 Å². The molecule has 7 nitrogen and oxygen atoms in total. The summed E-state index contributed by atoms with van der Waals surface area (Å²) in [7, 11) is 1.80. The van der Waals surface area contributed by atoms with Crippen LogP contribution in [-0.4, -0.2) is 31.1 Å². The topological polar surface area (TPSA) is 84.8 Å². The van der Waals surface area contributed by atoms with Crippen LogP contribution in [0.15, 0.2) is 70.8 Å².